The molecule has 0 fully saturated rings. The molecular weight excluding hydrogens is 238 g/mol. The first-order chi connectivity index (χ1) is 7.86. The molecule has 0 atom stereocenters. The predicted molar refractivity (Wildman–Crippen MR) is 70.4 cm³/mol. The zero-order valence-electron chi connectivity index (χ0n) is 9.95. The Morgan fingerprint density at radius 3 is 2.65 bits per heavy atom. The van der Waals surface area contributed by atoms with E-state index in [9.17, 15) is 8.42 Å². The highest BCUT2D eigenvalue weighted by molar-refractivity contribution is 7.89. The Hall–Kier alpha value is -1.53. The van der Waals surface area contributed by atoms with Gasteiger partial charge in [-0.2, -0.15) is 0 Å². The molecule has 6 heteroatoms. The van der Waals surface area contributed by atoms with Crippen LogP contribution in [0.1, 0.15) is 6.92 Å². The van der Waals surface area contributed by atoms with Crippen LogP contribution in [0.4, 0.5) is 11.4 Å². The maximum Gasteiger partial charge on any atom is 0.242 e. The van der Waals surface area contributed by atoms with Crippen molar-refractivity contribution in [2.24, 2.45) is 0 Å². The summed E-state index contributed by atoms with van der Waals surface area (Å²) >= 11 is 0. The summed E-state index contributed by atoms with van der Waals surface area (Å²) in [5.41, 5.74) is 7.42. The largest absolute Gasteiger partial charge is 0.399 e. The lowest BCUT2D eigenvalue weighted by Crippen LogP contribution is -2.20. The molecule has 94 valence electrons. The third-order valence-corrected chi connectivity index (χ3v) is 3.60. The monoisotopic (exact) mass is 255 g/mol. The topological polar surface area (TPSA) is 84.2 Å². The fourth-order valence-electron chi connectivity index (χ4n) is 1.26. The number of benzene rings is 1. The number of sulfonamides is 1. The number of nitrogens with one attached hydrogen (secondary N) is 2. The van der Waals surface area contributed by atoms with Crippen molar-refractivity contribution in [3.05, 3.63) is 30.4 Å². The molecule has 0 aliphatic carbocycles. The van der Waals surface area contributed by atoms with E-state index in [4.69, 9.17) is 5.73 Å². The zero-order valence-corrected chi connectivity index (χ0v) is 10.8. The van der Waals surface area contributed by atoms with Crippen LogP contribution in [0.25, 0.3) is 0 Å². The second-order valence-electron chi connectivity index (χ2n) is 3.77. The SMILES string of the molecule is C=C(C)CNc1ccc(N)cc1S(=O)(=O)NC. The van der Waals surface area contributed by atoms with Gasteiger partial charge >= 0.3 is 0 Å². The van der Waals surface area contributed by atoms with E-state index in [1.165, 1.54) is 13.1 Å². The first kappa shape index (κ1) is 13.5. The fourth-order valence-corrected chi connectivity index (χ4v) is 2.20. The molecule has 0 unspecified atom stereocenters. The van der Waals surface area contributed by atoms with Crippen molar-refractivity contribution in [1.82, 2.24) is 4.72 Å². The Morgan fingerprint density at radius 2 is 2.12 bits per heavy atom. The van der Waals surface area contributed by atoms with Crippen molar-refractivity contribution in [3.8, 4) is 0 Å². The number of nitrogen functional groups attached to an aromatic ring is 1. The smallest absolute Gasteiger partial charge is 0.242 e. The van der Waals surface area contributed by atoms with Gasteiger partial charge in [-0.15, -0.1) is 0 Å². The Bertz CT molecular complexity index is 524. The molecule has 0 bridgehead atoms. The molecule has 0 aliphatic heterocycles. The minimum Gasteiger partial charge on any atom is -0.399 e. The fraction of sp³-hybridized carbons (Fsp3) is 0.273. The molecular formula is C11H17N3O2S. The maximum atomic E-state index is 11.8. The normalized spacial score (nSPS) is 11.2. The van der Waals surface area contributed by atoms with Crippen molar-refractivity contribution < 1.29 is 8.42 Å². The highest BCUT2D eigenvalue weighted by Gasteiger charge is 2.16. The summed E-state index contributed by atoms with van der Waals surface area (Å²) in [6.07, 6.45) is 0. The summed E-state index contributed by atoms with van der Waals surface area (Å²) in [5, 5.41) is 3.01. The Labute approximate surface area is 102 Å². The third kappa shape index (κ3) is 3.47. The number of hydrogen-bond acceptors (Lipinski definition) is 4. The molecule has 4 N–H and O–H groups in total. The van der Waals surface area contributed by atoms with Gasteiger partial charge in [0.1, 0.15) is 4.90 Å². The summed E-state index contributed by atoms with van der Waals surface area (Å²) in [6.45, 7) is 6.12. The van der Waals surface area contributed by atoms with Gasteiger partial charge in [-0.25, -0.2) is 13.1 Å². The average molecular weight is 255 g/mol. The van der Waals surface area contributed by atoms with Crippen LogP contribution in [0.3, 0.4) is 0 Å². The molecule has 0 aromatic heterocycles. The first-order valence-electron chi connectivity index (χ1n) is 5.08. The molecule has 17 heavy (non-hydrogen) atoms. The van der Waals surface area contributed by atoms with E-state index in [-0.39, 0.29) is 4.90 Å². The number of hydrogen-bond donors (Lipinski definition) is 3. The second kappa shape index (κ2) is 5.20. The van der Waals surface area contributed by atoms with Crippen LogP contribution in [0, 0.1) is 0 Å². The van der Waals surface area contributed by atoms with Gasteiger partial charge in [0, 0.05) is 12.2 Å². The lowest BCUT2D eigenvalue weighted by molar-refractivity contribution is 0.588. The van der Waals surface area contributed by atoms with Crippen LogP contribution in [-0.4, -0.2) is 22.0 Å². The van der Waals surface area contributed by atoms with Crippen LogP contribution in [0.2, 0.25) is 0 Å². The van der Waals surface area contributed by atoms with E-state index in [0.29, 0.717) is 17.9 Å². The van der Waals surface area contributed by atoms with E-state index >= 15 is 0 Å². The van der Waals surface area contributed by atoms with Crippen LogP contribution in [-0.2, 0) is 10.0 Å². The second-order valence-corrected chi connectivity index (χ2v) is 5.63. The average Bonchev–Trinajstić information content (AvgIpc) is 2.27. The zero-order chi connectivity index (χ0) is 13.1. The Balaban J connectivity index is 3.17. The number of rotatable bonds is 5. The van der Waals surface area contributed by atoms with Crippen molar-refractivity contribution in [2.75, 3.05) is 24.6 Å². The summed E-state index contributed by atoms with van der Waals surface area (Å²) < 4.78 is 25.8. The highest BCUT2D eigenvalue weighted by atomic mass is 32.2. The first-order valence-corrected chi connectivity index (χ1v) is 6.56. The van der Waals surface area contributed by atoms with Crippen LogP contribution < -0.4 is 15.8 Å². The third-order valence-electron chi connectivity index (χ3n) is 2.14. The van der Waals surface area contributed by atoms with Gasteiger partial charge in [0.15, 0.2) is 0 Å². The van der Waals surface area contributed by atoms with Gasteiger partial charge in [-0.05, 0) is 32.2 Å². The van der Waals surface area contributed by atoms with Crippen LogP contribution >= 0.6 is 0 Å². The summed E-state index contributed by atoms with van der Waals surface area (Å²) in [6, 6.07) is 4.71. The molecule has 1 aromatic rings. The Morgan fingerprint density at radius 1 is 1.47 bits per heavy atom. The van der Waals surface area contributed by atoms with Gasteiger partial charge in [0.05, 0.1) is 5.69 Å². The lowest BCUT2D eigenvalue weighted by Gasteiger charge is -2.12. The standard InChI is InChI=1S/C11H17N3O2S/c1-8(2)7-14-10-5-4-9(12)6-11(10)17(15,16)13-3/h4-6,13-14H,1,7,12H2,2-3H3. The van der Waals surface area contributed by atoms with E-state index in [1.54, 1.807) is 12.1 Å². The molecule has 1 rings (SSSR count). The Kier molecular flexibility index (Phi) is 4.14. The minimum absolute atomic E-state index is 0.140. The van der Waals surface area contributed by atoms with E-state index in [2.05, 4.69) is 16.6 Å². The van der Waals surface area contributed by atoms with Crippen molar-refractivity contribution in [3.63, 3.8) is 0 Å². The maximum absolute atomic E-state index is 11.8. The molecule has 0 heterocycles. The molecule has 0 radical (unpaired) electrons. The molecule has 0 amide bonds. The van der Waals surface area contributed by atoms with Crippen molar-refractivity contribution >= 4 is 21.4 Å². The van der Waals surface area contributed by atoms with Crippen molar-refractivity contribution in [1.29, 1.82) is 0 Å². The number of anilines is 2. The van der Waals surface area contributed by atoms with Crippen molar-refractivity contribution in [2.45, 2.75) is 11.8 Å². The summed E-state index contributed by atoms with van der Waals surface area (Å²) in [5.74, 6) is 0. The minimum atomic E-state index is -3.52. The van der Waals surface area contributed by atoms with Crippen LogP contribution in [0.15, 0.2) is 35.2 Å². The van der Waals surface area contributed by atoms with Crippen LogP contribution in [0.5, 0.6) is 0 Å². The molecule has 0 saturated carbocycles. The summed E-state index contributed by atoms with van der Waals surface area (Å²) in [7, 11) is -2.16. The molecule has 0 saturated heterocycles. The number of nitrogens with two attached hydrogens (primary N) is 1. The van der Waals surface area contributed by atoms with Gasteiger partial charge < -0.3 is 11.1 Å². The molecule has 0 aliphatic rings. The van der Waals surface area contributed by atoms with E-state index in [1.807, 2.05) is 6.92 Å². The summed E-state index contributed by atoms with van der Waals surface area (Å²) in [4.78, 5) is 0.140. The predicted octanol–water partition coefficient (Wildman–Crippen LogP) is 1.16. The molecule has 5 nitrogen and oxygen atoms in total. The molecule has 0 spiro atoms. The van der Waals surface area contributed by atoms with E-state index in [0.717, 1.165) is 5.57 Å². The van der Waals surface area contributed by atoms with Gasteiger partial charge in [-0.3, -0.25) is 0 Å². The van der Waals surface area contributed by atoms with Gasteiger partial charge in [-0.1, -0.05) is 12.2 Å². The molecule has 1 aromatic carbocycles. The lowest BCUT2D eigenvalue weighted by atomic mass is 10.2. The van der Waals surface area contributed by atoms with E-state index < -0.39 is 10.0 Å². The quantitative estimate of drug-likeness (QED) is 0.544. The van der Waals surface area contributed by atoms with Gasteiger partial charge in [0.2, 0.25) is 10.0 Å². The highest BCUT2D eigenvalue weighted by Crippen LogP contribution is 2.23. The van der Waals surface area contributed by atoms with Gasteiger partial charge in [0.25, 0.3) is 0 Å².